The molecule has 14 nitrogen and oxygen atoms in total. The van der Waals surface area contributed by atoms with Gasteiger partial charge in [-0.1, -0.05) is 0 Å². The molecule has 12 N–H and O–H groups in total. The number of carbonyl (C=O) groups is 5. The van der Waals surface area contributed by atoms with E-state index in [1.807, 2.05) is 0 Å². The van der Waals surface area contributed by atoms with Crippen LogP contribution >= 0.6 is 0 Å². The Balaban J connectivity index is -0.000000306. The SMILES string of the molecule is CC(O)C(N)C(=O)O.NC(CC(=O)O)C(=O)O.NC(CC(=O)O)C(=O)O. The van der Waals surface area contributed by atoms with E-state index in [2.05, 4.69) is 0 Å². The number of carboxylic acids is 5. The van der Waals surface area contributed by atoms with E-state index < -0.39 is 66.9 Å². The predicted octanol–water partition coefficient (Wildman–Crippen LogP) is -3.47. The Morgan fingerprint density at radius 2 is 0.962 bits per heavy atom. The van der Waals surface area contributed by atoms with Crippen LogP contribution in [0.25, 0.3) is 0 Å². The van der Waals surface area contributed by atoms with E-state index in [1.165, 1.54) is 6.92 Å². The summed E-state index contributed by atoms with van der Waals surface area (Å²) < 4.78 is 0. The molecule has 4 atom stereocenters. The van der Waals surface area contributed by atoms with Crippen LogP contribution in [0.1, 0.15) is 19.8 Å². The first-order valence-corrected chi connectivity index (χ1v) is 6.70. The Hall–Kier alpha value is -2.81. The van der Waals surface area contributed by atoms with Gasteiger partial charge in [0.05, 0.1) is 18.9 Å². The van der Waals surface area contributed by atoms with Gasteiger partial charge in [-0.25, -0.2) is 0 Å². The summed E-state index contributed by atoms with van der Waals surface area (Å²) in [6.45, 7) is 1.33. The zero-order valence-corrected chi connectivity index (χ0v) is 13.7. The lowest BCUT2D eigenvalue weighted by molar-refractivity contribution is -0.144. The van der Waals surface area contributed by atoms with E-state index in [0.717, 1.165) is 0 Å². The number of aliphatic hydroxyl groups excluding tert-OH is 1. The molecule has 0 heterocycles. The van der Waals surface area contributed by atoms with Crippen molar-refractivity contribution in [1.29, 1.82) is 0 Å². The molecule has 26 heavy (non-hydrogen) atoms. The molecule has 0 amide bonds. The third-order valence-corrected chi connectivity index (χ3v) is 2.23. The highest BCUT2D eigenvalue weighted by Gasteiger charge is 2.16. The van der Waals surface area contributed by atoms with Crippen molar-refractivity contribution < 1.29 is 54.6 Å². The van der Waals surface area contributed by atoms with Gasteiger partial charge in [-0.2, -0.15) is 0 Å². The summed E-state index contributed by atoms with van der Waals surface area (Å²) in [7, 11) is 0. The fourth-order valence-electron chi connectivity index (χ4n) is 0.757. The van der Waals surface area contributed by atoms with E-state index in [-0.39, 0.29) is 0 Å². The van der Waals surface area contributed by atoms with Gasteiger partial charge in [-0.05, 0) is 6.92 Å². The summed E-state index contributed by atoms with van der Waals surface area (Å²) in [6, 6.07) is -3.74. The van der Waals surface area contributed by atoms with Crippen LogP contribution in [0.5, 0.6) is 0 Å². The Bertz CT molecular complexity index is 463. The summed E-state index contributed by atoms with van der Waals surface area (Å²) >= 11 is 0. The van der Waals surface area contributed by atoms with E-state index in [1.54, 1.807) is 0 Å². The molecule has 14 heteroatoms. The van der Waals surface area contributed by atoms with Crippen molar-refractivity contribution in [2.24, 2.45) is 17.2 Å². The zero-order chi connectivity index (χ0) is 21.6. The van der Waals surface area contributed by atoms with Gasteiger partial charge in [0, 0.05) is 0 Å². The lowest BCUT2D eigenvalue weighted by Crippen LogP contribution is -2.39. The van der Waals surface area contributed by atoms with Gasteiger partial charge in [0.1, 0.15) is 18.1 Å². The van der Waals surface area contributed by atoms with E-state index >= 15 is 0 Å². The molecule has 0 aliphatic carbocycles. The molecule has 0 aliphatic heterocycles. The molecule has 4 unspecified atom stereocenters. The molecule has 0 radical (unpaired) electrons. The summed E-state index contributed by atoms with van der Waals surface area (Å²) in [5.74, 6) is -6.18. The Labute approximate surface area is 146 Å². The first kappa shape index (κ1) is 28.0. The highest BCUT2D eigenvalue weighted by atomic mass is 16.4. The van der Waals surface area contributed by atoms with E-state index in [9.17, 15) is 24.0 Å². The minimum Gasteiger partial charge on any atom is -0.481 e. The molecular formula is C12H23N3O11. The molecule has 152 valence electrons. The molecule has 0 saturated carbocycles. The predicted molar refractivity (Wildman–Crippen MR) is 83.0 cm³/mol. The number of aliphatic carboxylic acids is 5. The molecule has 0 saturated heterocycles. The topological polar surface area (TPSA) is 285 Å². The molecule has 0 aromatic carbocycles. The van der Waals surface area contributed by atoms with Crippen LogP contribution < -0.4 is 17.2 Å². The van der Waals surface area contributed by atoms with Crippen LogP contribution in [-0.2, 0) is 24.0 Å². The second-order valence-electron chi connectivity index (χ2n) is 4.69. The number of rotatable bonds is 8. The molecular weight excluding hydrogens is 362 g/mol. The van der Waals surface area contributed by atoms with Crippen LogP contribution in [0.2, 0.25) is 0 Å². The lowest BCUT2D eigenvalue weighted by atomic mass is 10.2. The van der Waals surface area contributed by atoms with Gasteiger partial charge in [-0.15, -0.1) is 0 Å². The number of aliphatic hydroxyl groups is 1. The van der Waals surface area contributed by atoms with Crippen molar-refractivity contribution in [2.45, 2.75) is 44.0 Å². The first-order valence-electron chi connectivity index (χ1n) is 6.70. The van der Waals surface area contributed by atoms with Crippen LogP contribution in [-0.4, -0.2) is 84.7 Å². The van der Waals surface area contributed by atoms with Crippen LogP contribution in [0, 0.1) is 0 Å². The third kappa shape index (κ3) is 19.2. The van der Waals surface area contributed by atoms with Crippen molar-refractivity contribution in [3.63, 3.8) is 0 Å². The number of carboxylic acid groups (broad SMARTS) is 5. The zero-order valence-electron chi connectivity index (χ0n) is 13.7. The van der Waals surface area contributed by atoms with Crippen LogP contribution in [0.15, 0.2) is 0 Å². The van der Waals surface area contributed by atoms with Gasteiger partial charge >= 0.3 is 29.8 Å². The second kappa shape index (κ2) is 14.5. The minimum atomic E-state index is -1.29. The molecule has 0 aromatic rings. The third-order valence-electron chi connectivity index (χ3n) is 2.23. The summed E-state index contributed by atoms with van der Waals surface area (Å²) in [5, 5.41) is 48.6. The Morgan fingerprint density at radius 1 is 0.692 bits per heavy atom. The van der Waals surface area contributed by atoms with Gasteiger partial charge in [0.15, 0.2) is 0 Å². The monoisotopic (exact) mass is 385 g/mol. The number of hydrogen-bond acceptors (Lipinski definition) is 9. The average Bonchev–Trinajstić information content (AvgIpc) is 2.45. The van der Waals surface area contributed by atoms with Crippen molar-refractivity contribution in [3.05, 3.63) is 0 Å². The molecule has 0 fully saturated rings. The standard InChI is InChI=1S/2C4H7NO4.C4H9NO3/c2*5-2(4(8)9)1-3(6)7;1-2(6)3(5)4(7)8/h2*2H,1,5H2,(H,6,7)(H,8,9);2-3,6H,5H2,1H3,(H,7,8). The summed E-state index contributed by atoms with van der Waals surface area (Å²) in [6.07, 6.45) is -2.04. The second-order valence-corrected chi connectivity index (χ2v) is 4.69. The van der Waals surface area contributed by atoms with Crippen molar-refractivity contribution >= 4 is 29.8 Å². The molecule has 0 aromatic heterocycles. The number of nitrogens with two attached hydrogens (primary N) is 3. The smallest absolute Gasteiger partial charge is 0.323 e. The number of hydrogen-bond donors (Lipinski definition) is 9. The maximum Gasteiger partial charge on any atom is 0.323 e. The van der Waals surface area contributed by atoms with E-state index in [4.69, 9.17) is 47.8 Å². The summed E-state index contributed by atoms with van der Waals surface area (Å²) in [4.78, 5) is 49.1. The highest BCUT2D eigenvalue weighted by Crippen LogP contribution is 1.87. The van der Waals surface area contributed by atoms with Crippen molar-refractivity contribution in [2.75, 3.05) is 0 Å². The highest BCUT2D eigenvalue weighted by molar-refractivity contribution is 5.80. The normalized spacial score (nSPS) is 14.0. The quantitative estimate of drug-likeness (QED) is 0.196. The van der Waals surface area contributed by atoms with Gasteiger partial charge in [-0.3, -0.25) is 24.0 Å². The average molecular weight is 385 g/mol. The fraction of sp³-hybridized carbons (Fsp3) is 0.583. The first-order chi connectivity index (χ1) is 11.6. The van der Waals surface area contributed by atoms with Gasteiger partial charge in [0.25, 0.3) is 0 Å². The Kier molecular flexibility index (Phi) is 15.7. The maximum absolute atomic E-state index is 9.86. The van der Waals surface area contributed by atoms with Crippen molar-refractivity contribution in [3.8, 4) is 0 Å². The fourth-order valence-corrected chi connectivity index (χ4v) is 0.757. The van der Waals surface area contributed by atoms with Crippen molar-refractivity contribution in [1.82, 2.24) is 0 Å². The maximum atomic E-state index is 9.86. The van der Waals surface area contributed by atoms with Crippen LogP contribution in [0.4, 0.5) is 0 Å². The molecule has 0 aliphatic rings. The molecule has 0 bridgehead atoms. The summed E-state index contributed by atoms with van der Waals surface area (Å²) in [5.41, 5.74) is 14.6. The molecule has 0 spiro atoms. The minimum absolute atomic E-state index is 0.532. The van der Waals surface area contributed by atoms with Gasteiger partial charge in [0.2, 0.25) is 0 Å². The molecule has 0 rings (SSSR count). The van der Waals surface area contributed by atoms with Crippen LogP contribution in [0.3, 0.4) is 0 Å². The van der Waals surface area contributed by atoms with Gasteiger partial charge < -0.3 is 47.8 Å². The largest absolute Gasteiger partial charge is 0.481 e. The van der Waals surface area contributed by atoms with E-state index in [0.29, 0.717) is 0 Å². The Morgan fingerprint density at radius 3 is 1.00 bits per heavy atom. The lowest BCUT2D eigenvalue weighted by Gasteiger charge is -2.06.